The number of nitrogens with zero attached hydrogens (tertiary/aromatic N) is 1. The van der Waals surface area contributed by atoms with Crippen LogP contribution in [0.25, 0.3) is 0 Å². The monoisotopic (exact) mass is 466 g/mol. The number of esters is 1. The molecule has 7 nitrogen and oxygen atoms in total. The second kappa shape index (κ2) is 10.4. The van der Waals surface area contributed by atoms with Crippen molar-refractivity contribution in [2.75, 3.05) is 18.4 Å². The Labute approximate surface area is 194 Å². The first kappa shape index (κ1) is 24.2. The predicted octanol–water partition coefficient (Wildman–Crippen LogP) is 4.50. The van der Waals surface area contributed by atoms with Crippen LogP contribution in [0.3, 0.4) is 0 Å². The van der Waals surface area contributed by atoms with Crippen LogP contribution in [0.15, 0.2) is 77.7 Å². The summed E-state index contributed by atoms with van der Waals surface area (Å²) in [6.45, 7) is 5.86. The summed E-state index contributed by atoms with van der Waals surface area (Å²) in [6, 6.07) is 19.6. The lowest BCUT2D eigenvalue weighted by atomic mass is 10.1. The largest absolute Gasteiger partial charge is 0.423 e. The predicted molar refractivity (Wildman–Crippen MR) is 127 cm³/mol. The van der Waals surface area contributed by atoms with Crippen LogP contribution in [-0.4, -0.2) is 37.7 Å². The first-order valence-corrected chi connectivity index (χ1v) is 12.0. The molecule has 0 saturated carbocycles. The second-order valence-electron chi connectivity index (χ2n) is 7.31. The number of hydrogen-bond acceptors (Lipinski definition) is 5. The molecule has 0 aliphatic carbocycles. The Bertz CT molecular complexity index is 1250. The molecule has 0 unspecified atom stereocenters. The number of rotatable bonds is 8. The number of hydrogen-bond donors (Lipinski definition) is 1. The number of ether oxygens (including phenoxy) is 1. The summed E-state index contributed by atoms with van der Waals surface area (Å²) in [5.74, 6) is -0.763. The van der Waals surface area contributed by atoms with E-state index in [1.54, 1.807) is 69.3 Å². The molecular weight excluding hydrogens is 440 g/mol. The molecule has 8 heteroatoms. The van der Waals surface area contributed by atoms with E-state index in [-0.39, 0.29) is 22.1 Å². The van der Waals surface area contributed by atoms with Crippen LogP contribution < -0.4 is 10.1 Å². The molecule has 1 amide bonds. The van der Waals surface area contributed by atoms with Crippen molar-refractivity contribution in [1.29, 1.82) is 0 Å². The summed E-state index contributed by atoms with van der Waals surface area (Å²) in [7, 11) is -3.73. The molecule has 0 atom stereocenters. The lowest BCUT2D eigenvalue weighted by Gasteiger charge is -2.20. The number of aryl methyl sites for hydroxylation is 1. The highest BCUT2D eigenvalue weighted by molar-refractivity contribution is 7.89. The number of carbonyl (C=O) groups excluding carboxylic acids is 2. The van der Waals surface area contributed by atoms with Gasteiger partial charge in [0.15, 0.2) is 0 Å². The van der Waals surface area contributed by atoms with Gasteiger partial charge in [-0.05, 0) is 48.9 Å². The third-order valence-electron chi connectivity index (χ3n) is 5.09. The molecule has 0 spiro atoms. The van der Waals surface area contributed by atoms with Gasteiger partial charge in [-0.25, -0.2) is 13.2 Å². The maximum Gasteiger partial charge on any atom is 0.343 e. The third kappa shape index (κ3) is 5.66. The summed E-state index contributed by atoms with van der Waals surface area (Å²) in [4.78, 5) is 25.2. The summed E-state index contributed by atoms with van der Waals surface area (Å²) in [6.07, 6.45) is 0. The lowest BCUT2D eigenvalue weighted by Crippen LogP contribution is -2.31. The Balaban J connectivity index is 1.79. The number of amides is 1. The van der Waals surface area contributed by atoms with Crippen LogP contribution in [0.2, 0.25) is 0 Å². The Hall–Kier alpha value is -3.49. The van der Waals surface area contributed by atoms with Gasteiger partial charge in [0, 0.05) is 30.4 Å². The SMILES string of the molecule is CCN(CC)S(=O)(=O)c1cc(C(=O)Oc2cccc(NC(=O)c3ccccc3)c2)ccc1C. The average molecular weight is 467 g/mol. The van der Waals surface area contributed by atoms with Crippen molar-refractivity contribution in [3.8, 4) is 5.75 Å². The minimum atomic E-state index is -3.73. The Morgan fingerprint density at radius 2 is 1.58 bits per heavy atom. The van der Waals surface area contributed by atoms with Crippen LogP contribution in [0, 0.1) is 6.92 Å². The standard InChI is InChI=1S/C25H26N2O5S/c1-4-27(5-2)33(30,31)23-16-20(15-14-18(23)3)25(29)32-22-13-9-12-21(17-22)26-24(28)19-10-7-6-8-11-19/h6-17H,4-5H2,1-3H3,(H,26,28). The van der Waals surface area contributed by atoms with Crippen molar-refractivity contribution in [2.45, 2.75) is 25.7 Å². The van der Waals surface area contributed by atoms with E-state index in [2.05, 4.69) is 5.32 Å². The van der Waals surface area contributed by atoms with Gasteiger partial charge in [-0.1, -0.05) is 44.2 Å². The van der Waals surface area contributed by atoms with Gasteiger partial charge in [0.05, 0.1) is 10.5 Å². The minimum Gasteiger partial charge on any atom is -0.423 e. The summed E-state index contributed by atoms with van der Waals surface area (Å²) in [5, 5.41) is 2.76. The molecule has 0 heterocycles. The zero-order valence-electron chi connectivity index (χ0n) is 18.7. The minimum absolute atomic E-state index is 0.0736. The smallest absolute Gasteiger partial charge is 0.343 e. The number of benzene rings is 3. The molecule has 1 N–H and O–H groups in total. The zero-order chi connectivity index (χ0) is 24.0. The normalized spacial score (nSPS) is 11.3. The molecule has 172 valence electrons. The van der Waals surface area contributed by atoms with E-state index in [9.17, 15) is 18.0 Å². The molecule has 33 heavy (non-hydrogen) atoms. The fraction of sp³-hybridized carbons (Fsp3) is 0.200. The van der Waals surface area contributed by atoms with E-state index in [4.69, 9.17) is 4.74 Å². The third-order valence-corrected chi connectivity index (χ3v) is 7.28. The van der Waals surface area contributed by atoms with Crippen LogP contribution in [0.5, 0.6) is 5.75 Å². The first-order valence-electron chi connectivity index (χ1n) is 10.6. The van der Waals surface area contributed by atoms with Crippen molar-refractivity contribution < 1.29 is 22.7 Å². The number of anilines is 1. The quantitative estimate of drug-likeness (QED) is 0.390. The second-order valence-corrected chi connectivity index (χ2v) is 9.21. The fourth-order valence-corrected chi connectivity index (χ4v) is 5.01. The summed E-state index contributed by atoms with van der Waals surface area (Å²) >= 11 is 0. The summed E-state index contributed by atoms with van der Waals surface area (Å²) in [5.41, 5.74) is 1.62. The first-order chi connectivity index (χ1) is 15.8. The molecular formula is C25H26N2O5S. The molecule has 0 aliphatic rings. The van der Waals surface area contributed by atoms with Crippen LogP contribution in [0.1, 0.15) is 40.1 Å². The van der Waals surface area contributed by atoms with E-state index < -0.39 is 16.0 Å². The molecule has 0 radical (unpaired) electrons. The molecule has 3 aromatic carbocycles. The zero-order valence-corrected chi connectivity index (χ0v) is 19.6. The molecule has 0 aromatic heterocycles. The van der Waals surface area contributed by atoms with E-state index in [1.807, 2.05) is 6.07 Å². The van der Waals surface area contributed by atoms with Gasteiger partial charge in [-0.3, -0.25) is 4.79 Å². The molecule has 0 bridgehead atoms. The Morgan fingerprint density at radius 1 is 0.879 bits per heavy atom. The average Bonchev–Trinajstić information content (AvgIpc) is 2.80. The molecule has 0 fully saturated rings. The molecule has 0 saturated heterocycles. The number of sulfonamides is 1. The molecule has 0 aliphatic heterocycles. The maximum atomic E-state index is 12.9. The van der Waals surface area contributed by atoms with Gasteiger partial charge in [0.1, 0.15) is 5.75 Å². The highest BCUT2D eigenvalue weighted by Gasteiger charge is 2.25. The van der Waals surface area contributed by atoms with E-state index in [0.29, 0.717) is 29.9 Å². The van der Waals surface area contributed by atoms with Crippen molar-refractivity contribution in [3.05, 3.63) is 89.5 Å². The van der Waals surface area contributed by atoms with Gasteiger partial charge in [-0.15, -0.1) is 0 Å². The Morgan fingerprint density at radius 3 is 2.24 bits per heavy atom. The van der Waals surface area contributed by atoms with Crippen molar-refractivity contribution in [1.82, 2.24) is 4.31 Å². The molecule has 3 aromatic rings. The number of carbonyl (C=O) groups is 2. The molecule has 3 rings (SSSR count). The Kier molecular flexibility index (Phi) is 7.63. The lowest BCUT2D eigenvalue weighted by molar-refractivity contribution is 0.0734. The highest BCUT2D eigenvalue weighted by Crippen LogP contribution is 2.23. The van der Waals surface area contributed by atoms with Crippen molar-refractivity contribution in [3.63, 3.8) is 0 Å². The topological polar surface area (TPSA) is 92.8 Å². The van der Waals surface area contributed by atoms with E-state index >= 15 is 0 Å². The van der Waals surface area contributed by atoms with Gasteiger partial charge in [0.2, 0.25) is 10.0 Å². The van der Waals surface area contributed by atoms with Crippen molar-refractivity contribution >= 4 is 27.6 Å². The van der Waals surface area contributed by atoms with Crippen molar-refractivity contribution in [2.24, 2.45) is 0 Å². The number of nitrogens with one attached hydrogen (secondary N) is 1. The van der Waals surface area contributed by atoms with Crippen LogP contribution in [0.4, 0.5) is 5.69 Å². The highest BCUT2D eigenvalue weighted by atomic mass is 32.2. The van der Waals surface area contributed by atoms with Crippen LogP contribution in [-0.2, 0) is 10.0 Å². The van der Waals surface area contributed by atoms with Gasteiger partial charge >= 0.3 is 5.97 Å². The fourth-order valence-electron chi connectivity index (χ4n) is 3.30. The van der Waals surface area contributed by atoms with Gasteiger partial charge in [-0.2, -0.15) is 4.31 Å². The van der Waals surface area contributed by atoms with Crippen LogP contribution >= 0.6 is 0 Å². The van der Waals surface area contributed by atoms with Gasteiger partial charge < -0.3 is 10.1 Å². The summed E-state index contributed by atoms with van der Waals surface area (Å²) < 4.78 is 32.7. The van der Waals surface area contributed by atoms with E-state index in [1.165, 1.54) is 22.5 Å². The maximum absolute atomic E-state index is 12.9. The van der Waals surface area contributed by atoms with E-state index in [0.717, 1.165) is 0 Å². The van der Waals surface area contributed by atoms with Gasteiger partial charge in [0.25, 0.3) is 5.91 Å².